The zero-order chi connectivity index (χ0) is 39.9. The van der Waals surface area contributed by atoms with Crippen LogP contribution in [0, 0.1) is 5.41 Å². The molecule has 3 rings (SSSR count). The maximum absolute atomic E-state index is 12.5. The van der Waals surface area contributed by atoms with Crippen molar-refractivity contribution in [1.82, 2.24) is 30.2 Å². The molecule has 3 unspecified atom stereocenters. The third-order valence-corrected chi connectivity index (χ3v) is 11.2. The number of anilines is 1. The minimum atomic E-state index is -5.91. The number of nitrogens with one attached hydrogen (secondary N) is 2. The molecule has 3 heterocycles. The number of fused-ring (bicyclic) bond motifs is 1. The molecule has 25 nitrogen and oxygen atoms in total. The van der Waals surface area contributed by atoms with Gasteiger partial charge in [0.25, 0.3) is 15.6 Å². The summed E-state index contributed by atoms with van der Waals surface area (Å²) in [5, 5.41) is 25.9. The molecule has 0 bridgehead atoms. The monoisotopic (exact) mass is 835 g/mol. The molecule has 2 aromatic heterocycles. The molecule has 0 aliphatic carbocycles. The first-order valence-corrected chi connectivity index (χ1v) is 20.6. The van der Waals surface area contributed by atoms with Crippen LogP contribution in [0.4, 0.5) is 5.82 Å². The van der Waals surface area contributed by atoms with Crippen molar-refractivity contribution in [3.63, 3.8) is 0 Å². The summed E-state index contributed by atoms with van der Waals surface area (Å²) >= 11 is 1.00. The average molecular weight is 836 g/mol. The van der Waals surface area contributed by atoms with Gasteiger partial charge in [-0.25, -0.2) is 19.3 Å². The van der Waals surface area contributed by atoms with Gasteiger partial charge in [0, 0.05) is 30.7 Å². The number of imidazole rings is 1. The SMILES string of the molecule is CC([NH3+])C(=O)SCCNC(=O)CCNC(=O)[C@H](O)C(C)(C)COP(=O)([O-])OP(=O)([O-])OC[C@H]1O[C@@H](n2cnc3c(N)ncnc32)[C@H](O)[C@@H]1OP(=O)([O-])[O-]. The molecule has 1 saturated heterocycles. The van der Waals surface area contributed by atoms with Crippen LogP contribution in [-0.4, -0.2) is 109 Å². The van der Waals surface area contributed by atoms with E-state index in [1.165, 1.54) is 13.8 Å². The summed E-state index contributed by atoms with van der Waals surface area (Å²) in [6.45, 7) is 1.70. The number of rotatable bonds is 20. The number of carbonyl (C=O) groups excluding carboxylic acids is 3. The van der Waals surface area contributed by atoms with Crippen LogP contribution in [0.1, 0.15) is 33.4 Å². The zero-order valence-electron chi connectivity index (χ0n) is 28.2. The summed E-state index contributed by atoms with van der Waals surface area (Å²) in [5.41, 5.74) is 7.65. The Labute approximate surface area is 304 Å². The molecule has 2 amide bonds. The number of phosphoric ester groups is 3. The number of thioether (sulfide) groups is 1. The molecule has 300 valence electrons. The van der Waals surface area contributed by atoms with Gasteiger partial charge < -0.3 is 74.8 Å². The highest BCUT2D eigenvalue weighted by Gasteiger charge is 2.47. The van der Waals surface area contributed by atoms with Crippen molar-refractivity contribution < 1.29 is 86.2 Å². The number of nitrogens with two attached hydrogens (primary N) is 1. The predicted molar refractivity (Wildman–Crippen MR) is 171 cm³/mol. The molecule has 0 spiro atoms. The fourth-order valence-electron chi connectivity index (χ4n) is 4.40. The summed E-state index contributed by atoms with van der Waals surface area (Å²) in [5.74, 6) is -1.25. The number of carbonyl (C=O) groups is 3. The van der Waals surface area contributed by atoms with E-state index in [-0.39, 0.29) is 41.6 Å². The molecule has 9 N–H and O–H groups in total. The largest absolute Gasteiger partial charge is 0.790 e. The van der Waals surface area contributed by atoms with Crippen LogP contribution in [0.25, 0.3) is 11.2 Å². The number of amides is 2. The second kappa shape index (κ2) is 18.4. The van der Waals surface area contributed by atoms with Crippen molar-refractivity contribution in [3.8, 4) is 0 Å². The van der Waals surface area contributed by atoms with E-state index >= 15 is 0 Å². The third kappa shape index (κ3) is 13.4. The Bertz CT molecular complexity index is 1760. The number of quaternary nitrogens is 1. The lowest BCUT2D eigenvalue weighted by Gasteiger charge is -2.36. The van der Waals surface area contributed by atoms with Gasteiger partial charge in [0.05, 0.1) is 27.4 Å². The quantitative estimate of drug-likeness (QED) is 0.0536. The number of nitrogens with zero attached hydrogens (tertiary/aromatic N) is 4. The molecular weight excluding hydrogens is 797 g/mol. The molecule has 0 radical (unpaired) electrons. The first-order chi connectivity index (χ1) is 24.4. The second-order valence-electron chi connectivity index (χ2n) is 12.1. The summed E-state index contributed by atoms with van der Waals surface area (Å²) in [6, 6.07) is -0.405. The fraction of sp³-hybridized carbons (Fsp3) is 0.667. The van der Waals surface area contributed by atoms with Gasteiger partial charge in [-0.05, 0) is 6.92 Å². The van der Waals surface area contributed by atoms with Crippen molar-refractivity contribution in [3.05, 3.63) is 12.7 Å². The van der Waals surface area contributed by atoms with E-state index in [0.717, 1.165) is 29.0 Å². The summed E-state index contributed by atoms with van der Waals surface area (Å²) in [7, 11) is -17.6. The van der Waals surface area contributed by atoms with E-state index in [2.05, 4.69) is 49.2 Å². The van der Waals surface area contributed by atoms with E-state index in [9.17, 15) is 57.9 Å². The van der Waals surface area contributed by atoms with Crippen molar-refractivity contribution in [2.24, 2.45) is 5.41 Å². The number of aromatic nitrogens is 4. The first kappa shape index (κ1) is 44.9. The van der Waals surface area contributed by atoms with E-state index in [1.807, 2.05) is 0 Å². The maximum Gasteiger partial charge on any atom is 0.274 e. The average Bonchev–Trinajstić information content (AvgIpc) is 3.60. The number of nitrogen functional groups attached to an aromatic ring is 1. The van der Waals surface area contributed by atoms with Crippen LogP contribution in [0.15, 0.2) is 12.7 Å². The molecule has 29 heteroatoms. The highest BCUT2D eigenvalue weighted by Crippen LogP contribution is 2.56. The summed E-state index contributed by atoms with van der Waals surface area (Å²) in [4.78, 5) is 95.2. The second-order valence-corrected chi connectivity index (χ2v) is 17.2. The van der Waals surface area contributed by atoms with Crippen molar-refractivity contribution in [2.75, 3.05) is 37.8 Å². The highest BCUT2D eigenvalue weighted by atomic mass is 32.2. The van der Waals surface area contributed by atoms with Crippen molar-refractivity contribution in [1.29, 1.82) is 0 Å². The van der Waals surface area contributed by atoms with Crippen LogP contribution in [0.2, 0.25) is 0 Å². The van der Waals surface area contributed by atoms with Crippen molar-refractivity contribution >= 4 is 69.1 Å². The van der Waals surface area contributed by atoms with E-state index < -0.39 is 90.6 Å². The molecule has 1 aliphatic heterocycles. The van der Waals surface area contributed by atoms with Gasteiger partial charge in [0.2, 0.25) is 16.9 Å². The number of phosphoric acid groups is 3. The van der Waals surface area contributed by atoms with Gasteiger partial charge in [0.1, 0.15) is 36.3 Å². The number of aliphatic hydroxyl groups is 2. The Morgan fingerprint density at radius 1 is 1.11 bits per heavy atom. The number of ether oxygens (including phenoxy) is 1. The van der Waals surface area contributed by atoms with Crippen molar-refractivity contribution in [2.45, 2.75) is 63.9 Å². The molecular formula is C24H38N8O17P3S-3. The Kier molecular flexibility index (Phi) is 15.6. The molecule has 53 heavy (non-hydrogen) atoms. The predicted octanol–water partition coefficient (Wildman–Crippen LogP) is -5.23. The van der Waals surface area contributed by atoms with Gasteiger partial charge in [-0.2, -0.15) is 0 Å². The van der Waals surface area contributed by atoms with Gasteiger partial charge >= 0.3 is 0 Å². The standard InChI is InChI=1S/C24H41N8O17P3S/c1-12(25)23(37)53-7-6-27-14(33)4-5-28-21(36)18(35)24(2,3)9-46-52(43,44)49-51(41,42)45-8-13-17(48-50(38,39)40)16(34)22(47-13)32-11-31-15-19(26)29-10-30-20(15)32/h10-13,16-18,22,34-35H,4-9,25H2,1-3H3,(H,27,33)(H,28,36)(H,41,42)(H,43,44)(H2,26,29,30)(H2,38,39,40)/p-3/t12?,13-,16-,17-,18+,22-/m1/s1. The number of aliphatic hydroxyl groups excluding tert-OH is 2. The van der Waals surface area contributed by atoms with E-state index in [4.69, 9.17) is 10.5 Å². The van der Waals surface area contributed by atoms with Gasteiger partial charge in [-0.15, -0.1) is 0 Å². The smallest absolute Gasteiger partial charge is 0.274 e. The van der Waals surface area contributed by atoms with Crippen LogP contribution in [0.5, 0.6) is 0 Å². The van der Waals surface area contributed by atoms with Crippen LogP contribution in [-0.2, 0) is 50.7 Å². The minimum Gasteiger partial charge on any atom is -0.790 e. The molecule has 0 saturated carbocycles. The Hall–Kier alpha value is -2.48. The molecule has 1 aliphatic rings. The first-order valence-electron chi connectivity index (χ1n) is 15.2. The van der Waals surface area contributed by atoms with Crippen LogP contribution >= 0.6 is 35.2 Å². The fourth-order valence-corrected chi connectivity index (χ4v) is 7.83. The van der Waals surface area contributed by atoms with Gasteiger partial charge in [-0.1, -0.05) is 25.6 Å². The Morgan fingerprint density at radius 3 is 2.42 bits per heavy atom. The van der Waals surface area contributed by atoms with Crippen LogP contribution in [0.3, 0.4) is 0 Å². The normalized spacial score (nSPS) is 22.8. The number of hydrogen-bond acceptors (Lipinski definition) is 22. The maximum atomic E-state index is 12.5. The topological polar surface area (TPSA) is 403 Å². The van der Waals surface area contributed by atoms with Gasteiger partial charge in [-0.3, -0.25) is 28.1 Å². The lowest BCUT2D eigenvalue weighted by molar-refractivity contribution is -0.395. The molecule has 1 fully saturated rings. The Morgan fingerprint density at radius 2 is 1.77 bits per heavy atom. The van der Waals surface area contributed by atoms with Crippen LogP contribution < -0.4 is 41.7 Å². The van der Waals surface area contributed by atoms with E-state index in [0.29, 0.717) is 5.75 Å². The Balaban J connectivity index is 1.52. The van der Waals surface area contributed by atoms with Gasteiger partial charge in [0.15, 0.2) is 23.7 Å². The summed E-state index contributed by atoms with van der Waals surface area (Å²) < 4.78 is 60.3. The zero-order valence-corrected chi connectivity index (χ0v) is 31.7. The third-order valence-electron chi connectivity index (χ3n) is 7.12. The highest BCUT2D eigenvalue weighted by molar-refractivity contribution is 8.13. The molecule has 8 atom stereocenters. The lowest BCUT2D eigenvalue weighted by Crippen LogP contribution is -2.62. The lowest BCUT2D eigenvalue weighted by atomic mass is 9.87. The summed E-state index contributed by atoms with van der Waals surface area (Å²) in [6.07, 6.45) is -7.59. The molecule has 2 aromatic rings. The number of hydrogen-bond donors (Lipinski definition) is 6. The van der Waals surface area contributed by atoms with E-state index in [1.54, 1.807) is 6.92 Å². The molecule has 0 aromatic carbocycles. The minimum absolute atomic E-state index is 0.0223.